The average Bonchev–Trinajstić information content (AvgIpc) is 2.03. The van der Waals surface area contributed by atoms with Crippen molar-refractivity contribution in [2.45, 2.75) is 6.92 Å². The summed E-state index contributed by atoms with van der Waals surface area (Å²) in [5.74, 6) is 0.109. The van der Waals surface area contributed by atoms with Gasteiger partial charge in [-0.2, -0.15) is 0 Å². The maximum atomic E-state index is 11.0. The van der Waals surface area contributed by atoms with Crippen molar-refractivity contribution in [2.75, 3.05) is 7.11 Å². The van der Waals surface area contributed by atoms with E-state index in [0.717, 1.165) is 0 Å². The van der Waals surface area contributed by atoms with Crippen molar-refractivity contribution in [2.24, 2.45) is 0 Å². The normalized spacial score (nSPS) is 9.50. The van der Waals surface area contributed by atoms with E-state index in [1.54, 1.807) is 12.1 Å². The van der Waals surface area contributed by atoms with Gasteiger partial charge in [0.2, 0.25) is 0 Å². The first kappa shape index (κ1) is 8.59. The van der Waals surface area contributed by atoms with Gasteiger partial charge in [-0.05, 0) is 19.1 Å². The van der Waals surface area contributed by atoms with Gasteiger partial charge in [0, 0.05) is 0 Å². The summed E-state index contributed by atoms with van der Waals surface area (Å²) in [5, 5.41) is 9.26. The van der Waals surface area contributed by atoms with E-state index >= 15 is 0 Å². The molecular weight excluding hydrogens is 156 g/mol. The molecule has 0 amide bonds. The molecule has 3 heteroatoms. The predicted molar refractivity (Wildman–Crippen MR) is 44.7 cm³/mol. The van der Waals surface area contributed by atoms with Gasteiger partial charge in [-0.15, -0.1) is 0 Å². The van der Waals surface area contributed by atoms with E-state index < -0.39 is 0 Å². The summed E-state index contributed by atoms with van der Waals surface area (Å²) >= 11 is 0. The first-order chi connectivity index (χ1) is 5.66. The minimum atomic E-state index is -0.122. The number of ether oxygens (including phenoxy) is 1. The number of carbonyl (C=O) groups is 1. The van der Waals surface area contributed by atoms with Gasteiger partial charge in [0.15, 0.2) is 17.3 Å². The Kier molecular flexibility index (Phi) is 2.33. The number of hydrogen-bond acceptors (Lipinski definition) is 3. The van der Waals surface area contributed by atoms with Crippen LogP contribution in [0.2, 0.25) is 0 Å². The van der Waals surface area contributed by atoms with Crippen LogP contribution in [0.3, 0.4) is 0 Å². The molecule has 0 aliphatic carbocycles. The lowest BCUT2D eigenvalue weighted by atomic mass is 10.1. The molecule has 0 saturated carbocycles. The fraction of sp³-hybridized carbons (Fsp3) is 0.222. The number of para-hydroxylation sites is 1. The molecule has 0 aromatic heterocycles. The molecule has 0 spiro atoms. The highest BCUT2D eigenvalue weighted by Crippen LogP contribution is 2.29. The zero-order chi connectivity index (χ0) is 9.14. The quantitative estimate of drug-likeness (QED) is 0.679. The van der Waals surface area contributed by atoms with Crippen molar-refractivity contribution in [3.63, 3.8) is 0 Å². The molecule has 0 aliphatic rings. The van der Waals surface area contributed by atoms with Crippen LogP contribution in [-0.4, -0.2) is 18.0 Å². The predicted octanol–water partition coefficient (Wildman–Crippen LogP) is 1.60. The van der Waals surface area contributed by atoms with E-state index in [-0.39, 0.29) is 17.3 Å². The van der Waals surface area contributed by atoms with Gasteiger partial charge in [0.25, 0.3) is 0 Å². The number of phenols is 1. The smallest absolute Gasteiger partial charge is 0.171 e. The largest absolute Gasteiger partial charge is 0.504 e. The van der Waals surface area contributed by atoms with Crippen molar-refractivity contribution in [3.8, 4) is 11.5 Å². The maximum absolute atomic E-state index is 11.0. The number of rotatable bonds is 2. The van der Waals surface area contributed by atoms with Gasteiger partial charge in [-0.1, -0.05) is 6.07 Å². The van der Waals surface area contributed by atoms with E-state index in [4.69, 9.17) is 4.74 Å². The fourth-order valence-corrected chi connectivity index (χ4v) is 1.02. The summed E-state index contributed by atoms with van der Waals surface area (Å²) in [7, 11) is 1.42. The fourth-order valence-electron chi connectivity index (χ4n) is 1.02. The van der Waals surface area contributed by atoms with Gasteiger partial charge in [0.1, 0.15) is 0 Å². The summed E-state index contributed by atoms with van der Waals surface area (Å²) in [6.07, 6.45) is 0. The van der Waals surface area contributed by atoms with Crippen LogP contribution in [0.1, 0.15) is 17.3 Å². The molecule has 0 atom stereocenters. The number of carbonyl (C=O) groups excluding carboxylic acids is 1. The highest BCUT2D eigenvalue weighted by atomic mass is 16.5. The SMILES string of the molecule is COc1c(O)cccc1C(C)=O. The Morgan fingerprint density at radius 1 is 1.50 bits per heavy atom. The number of aromatic hydroxyl groups is 1. The first-order valence-electron chi connectivity index (χ1n) is 3.53. The Hall–Kier alpha value is -1.51. The molecule has 0 heterocycles. The first-order valence-corrected chi connectivity index (χ1v) is 3.53. The van der Waals surface area contributed by atoms with E-state index in [9.17, 15) is 9.90 Å². The minimum Gasteiger partial charge on any atom is -0.504 e. The lowest BCUT2D eigenvalue weighted by molar-refractivity contribution is 0.101. The molecule has 0 radical (unpaired) electrons. The van der Waals surface area contributed by atoms with Gasteiger partial charge in [-0.25, -0.2) is 0 Å². The zero-order valence-corrected chi connectivity index (χ0v) is 7.00. The van der Waals surface area contributed by atoms with Crippen LogP contribution >= 0.6 is 0 Å². The van der Waals surface area contributed by atoms with E-state index in [1.807, 2.05) is 0 Å². The summed E-state index contributed by atoms with van der Waals surface area (Å²) in [5.41, 5.74) is 0.400. The van der Waals surface area contributed by atoms with Crippen LogP contribution in [-0.2, 0) is 0 Å². The third kappa shape index (κ3) is 1.39. The Bertz CT molecular complexity index is 305. The lowest BCUT2D eigenvalue weighted by Crippen LogP contribution is -1.96. The molecule has 1 rings (SSSR count). The highest BCUT2D eigenvalue weighted by Gasteiger charge is 2.10. The van der Waals surface area contributed by atoms with Crippen LogP contribution < -0.4 is 4.74 Å². The van der Waals surface area contributed by atoms with E-state index in [0.29, 0.717) is 5.56 Å². The average molecular weight is 166 g/mol. The summed E-state index contributed by atoms with van der Waals surface area (Å²) < 4.78 is 4.87. The molecule has 0 unspecified atom stereocenters. The Labute approximate surface area is 70.6 Å². The van der Waals surface area contributed by atoms with Gasteiger partial charge in [-0.3, -0.25) is 4.79 Å². The van der Waals surface area contributed by atoms with Crippen LogP contribution in [0.5, 0.6) is 11.5 Å². The lowest BCUT2D eigenvalue weighted by Gasteiger charge is -2.06. The maximum Gasteiger partial charge on any atom is 0.171 e. The molecule has 12 heavy (non-hydrogen) atoms. The molecule has 0 saturated heterocycles. The second-order valence-corrected chi connectivity index (χ2v) is 2.41. The van der Waals surface area contributed by atoms with Crippen LogP contribution in [0.15, 0.2) is 18.2 Å². The van der Waals surface area contributed by atoms with Crippen molar-refractivity contribution < 1.29 is 14.6 Å². The standard InChI is InChI=1S/C9H10O3/c1-6(10)7-4-3-5-8(11)9(7)12-2/h3-5,11H,1-2H3. The third-order valence-corrected chi connectivity index (χ3v) is 1.58. The van der Waals surface area contributed by atoms with Gasteiger partial charge < -0.3 is 9.84 Å². The molecule has 0 bridgehead atoms. The zero-order valence-electron chi connectivity index (χ0n) is 7.00. The van der Waals surface area contributed by atoms with Gasteiger partial charge in [0.05, 0.1) is 12.7 Å². The number of phenolic OH excluding ortho intramolecular Hbond substituents is 1. The van der Waals surface area contributed by atoms with Crippen molar-refractivity contribution in [3.05, 3.63) is 23.8 Å². The van der Waals surface area contributed by atoms with Crippen LogP contribution in [0.25, 0.3) is 0 Å². The third-order valence-electron chi connectivity index (χ3n) is 1.58. The summed E-state index contributed by atoms with van der Waals surface area (Å²) in [6.45, 7) is 1.43. The number of Topliss-reactive ketones (excluding diaryl/α,β-unsaturated/α-hetero) is 1. The molecule has 0 aliphatic heterocycles. The van der Waals surface area contributed by atoms with Crippen molar-refractivity contribution >= 4 is 5.78 Å². The molecule has 64 valence electrons. The highest BCUT2D eigenvalue weighted by molar-refractivity contribution is 5.97. The molecule has 3 nitrogen and oxygen atoms in total. The summed E-state index contributed by atoms with van der Waals surface area (Å²) in [6, 6.07) is 4.70. The minimum absolute atomic E-state index is 0.00907. The second-order valence-electron chi connectivity index (χ2n) is 2.41. The Morgan fingerprint density at radius 2 is 2.17 bits per heavy atom. The second kappa shape index (κ2) is 3.26. The van der Waals surface area contributed by atoms with E-state index in [2.05, 4.69) is 0 Å². The molecule has 1 aromatic rings. The topological polar surface area (TPSA) is 46.5 Å². The Morgan fingerprint density at radius 3 is 2.58 bits per heavy atom. The summed E-state index contributed by atoms with van der Waals surface area (Å²) in [4.78, 5) is 11.0. The number of benzene rings is 1. The molecule has 1 aromatic carbocycles. The number of ketones is 1. The number of methoxy groups -OCH3 is 1. The molecule has 1 N–H and O–H groups in total. The van der Waals surface area contributed by atoms with E-state index in [1.165, 1.54) is 20.1 Å². The molecular formula is C9H10O3. The van der Waals surface area contributed by atoms with Gasteiger partial charge >= 0.3 is 0 Å². The monoisotopic (exact) mass is 166 g/mol. The van der Waals surface area contributed by atoms with Crippen LogP contribution in [0, 0.1) is 0 Å². The molecule has 0 fully saturated rings. The Balaban J connectivity index is 3.27. The van der Waals surface area contributed by atoms with Crippen molar-refractivity contribution in [1.29, 1.82) is 0 Å². The van der Waals surface area contributed by atoms with Crippen LogP contribution in [0.4, 0.5) is 0 Å². The van der Waals surface area contributed by atoms with Crippen molar-refractivity contribution in [1.82, 2.24) is 0 Å². The number of hydrogen-bond donors (Lipinski definition) is 1.